The van der Waals surface area contributed by atoms with E-state index >= 15 is 0 Å². The number of nitrogens with zero attached hydrogens (tertiary/aromatic N) is 4. The monoisotopic (exact) mass is 512 g/mol. The minimum Gasteiger partial charge on any atom is -0.480 e. The number of alkyl halides is 1. The number of hydrogen-bond donors (Lipinski definition) is 3. The SMILES string of the molecule is Cc1cnc(NC2CCOCC2)nc1-n1cnc(C(=O)NCc2ccccc2CC(C)(Cl)C(=O)O)c1. The Balaban J connectivity index is 1.43. The van der Waals surface area contributed by atoms with E-state index in [1.807, 2.05) is 31.2 Å². The Kier molecular flexibility index (Phi) is 7.85. The van der Waals surface area contributed by atoms with Crippen molar-refractivity contribution in [2.45, 2.75) is 50.6 Å². The second kappa shape index (κ2) is 11.0. The fourth-order valence-electron chi connectivity index (χ4n) is 3.95. The summed E-state index contributed by atoms with van der Waals surface area (Å²) in [4.78, 5) is 36.1. The highest BCUT2D eigenvalue weighted by Crippen LogP contribution is 2.23. The molecule has 2 aromatic heterocycles. The van der Waals surface area contributed by atoms with E-state index in [1.165, 1.54) is 6.92 Å². The van der Waals surface area contributed by atoms with Crippen LogP contribution in [-0.4, -0.2) is 60.6 Å². The summed E-state index contributed by atoms with van der Waals surface area (Å²) >= 11 is 6.16. The molecule has 36 heavy (non-hydrogen) atoms. The maximum absolute atomic E-state index is 12.8. The molecule has 1 aliphatic heterocycles. The van der Waals surface area contributed by atoms with Crippen molar-refractivity contribution in [1.82, 2.24) is 24.8 Å². The molecule has 1 atom stereocenters. The normalized spacial score (nSPS) is 15.8. The molecule has 0 saturated carbocycles. The van der Waals surface area contributed by atoms with Gasteiger partial charge in [-0.2, -0.15) is 4.98 Å². The van der Waals surface area contributed by atoms with Gasteiger partial charge in [0.25, 0.3) is 5.91 Å². The predicted molar refractivity (Wildman–Crippen MR) is 135 cm³/mol. The van der Waals surface area contributed by atoms with E-state index < -0.39 is 10.8 Å². The van der Waals surface area contributed by atoms with Gasteiger partial charge in [-0.3, -0.25) is 14.2 Å². The van der Waals surface area contributed by atoms with Gasteiger partial charge in [-0.15, -0.1) is 11.6 Å². The average molecular weight is 513 g/mol. The van der Waals surface area contributed by atoms with Crippen molar-refractivity contribution in [3.8, 4) is 5.82 Å². The first-order chi connectivity index (χ1) is 17.2. The van der Waals surface area contributed by atoms with Gasteiger partial charge in [-0.05, 0) is 37.8 Å². The molecule has 3 heterocycles. The second-order valence-electron chi connectivity index (χ2n) is 9.03. The molecule has 1 unspecified atom stereocenters. The summed E-state index contributed by atoms with van der Waals surface area (Å²) < 4.78 is 7.09. The number of amides is 1. The van der Waals surface area contributed by atoms with Crippen molar-refractivity contribution in [3.63, 3.8) is 0 Å². The van der Waals surface area contributed by atoms with Gasteiger partial charge in [0.05, 0.1) is 0 Å². The smallest absolute Gasteiger partial charge is 0.324 e. The molecule has 1 fully saturated rings. The van der Waals surface area contributed by atoms with Crippen molar-refractivity contribution < 1.29 is 19.4 Å². The van der Waals surface area contributed by atoms with Gasteiger partial charge < -0.3 is 20.5 Å². The summed E-state index contributed by atoms with van der Waals surface area (Å²) in [5.41, 5.74) is 2.61. The van der Waals surface area contributed by atoms with Crippen LogP contribution >= 0.6 is 11.6 Å². The van der Waals surface area contributed by atoms with Gasteiger partial charge >= 0.3 is 5.97 Å². The van der Waals surface area contributed by atoms with Gasteiger partial charge in [-0.25, -0.2) is 9.97 Å². The molecule has 0 bridgehead atoms. The van der Waals surface area contributed by atoms with Crippen LogP contribution in [0.2, 0.25) is 0 Å². The lowest BCUT2D eigenvalue weighted by atomic mass is 9.96. The van der Waals surface area contributed by atoms with E-state index in [4.69, 9.17) is 16.3 Å². The minimum atomic E-state index is -1.44. The molecule has 3 aromatic rings. The van der Waals surface area contributed by atoms with Crippen LogP contribution in [0.1, 0.15) is 46.9 Å². The first-order valence-electron chi connectivity index (χ1n) is 11.7. The molecule has 0 spiro atoms. The van der Waals surface area contributed by atoms with Crippen LogP contribution in [0.5, 0.6) is 0 Å². The Morgan fingerprint density at radius 2 is 1.94 bits per heavy atom. The highest BCUT2D eigenvalue weighted by atomic mass is 35.5. The minimum absolute atomic E-state index is 0.127. The molecule has 0 radical (unpaired) electrons. The van der Waals surface area contributed by atoms with Crippen molar-refractivity contribution in [2.24, 2.45) is 0 Å². The van der Waals surface area contributed by atoms with Crippen LogP contribution < -0.4 is 10.6 Å². The zero-order chi connectivity index (χ0) is 25.7. The van der Waals surface area contributed by atoms with Crippen molar-refractivity contribution in [3.05, 3.63) is 65.4 Å². The lowest BCUT2D eigenvalue weighted by molar-refractivity contribution is -0.139. The van der Waals surface area contributed by atoms with Gasteiger partial charge in [0.2, 0.25) is 5.95 Å². The first kappa shape index (κ1) is 25.6. The number of ether oxygens (including phenoxy) is 1. The number of carboxylic acids is 1. The Bertz CT molecular complexity index is 1240. The number of rotatable bonds is 9. The molecule has 1 saturated heterocycles. The lowest BCUT2D eigenvalue weighted by Crippen LogP contribution is -2.32. The van der Waals surface area contributed by atoms with Crippen LogP contribution in [0.25, 0.3) is 5.82 Å². The number of aliphatic carboxylic acids is 1. The largest absolute Gasteiger partial charge is 0.480 e. The van der Waals surface area contributed by atoms with E-state index in [2.05, 4.69) is 25.6 Å². The third kappa shape index (κ3) is 6.19. The van der Waals surface area contributed by atoms with E-state index in [0.717, 1.165) is 29.5 Å². The van der Waals surface area contributed by atoms with Crippen molar-refractivity contribution in [2.75, 3.05) is 18.5 Å². The standard InChI is InChI=1S/C25H29ClN6O4/c1-16-12-28-24(30-19-7-9-36-10-8-19)31-21(16)32-14-20(29-15-32)22(33)27-13-18-6-4-3-5-17(18)11-25(2,26)23(34)35/h3-6,12,14-15,19H,7-11,13H2,1-2H3,(H,27,33)(H,34,35)(H,28,30,31). The second-order valence-corrected chi connectivity index (χ2v) is 9.86. The number of carbonyl (C=O) groups excluding carboxylic acids is 1. The molecule has 190 valence electrons. The van der Waals surface area contributed by atoms with Crippen molar-refractivity contribution in [1.29, 1.82) is 0 Å². The number of aromatic nitrogens is 4. The third-order valence-electron chi connectivity index (χ3n) is 6.09. The number of nitrogens with one attached hydrogen (secondary N) is 2. The fourth-order valence-corrected chi connectivity index (χ4v) is 4.09. The van der Waals surface area contributed by atoms with E-state index in [-0.39, 0.29) is 30.6 Å². The number of imidazole rings is 1. The summed E-state index contributed by atoms with van der Waals surface area (Å²) in [6, 6.07) is 7.54. The highest BCUT2D eigenvalue weighted by Gasteiger charge is 2.31. The van der Waals surface area contributed by atoms with E-state index in [9.17, 15) is 14.7 Å². The fraction of sp³-hybridized carbons (Fsp3) is 0.400. The Hall–Kier alpha value is -3.50. The zero-order valence-corrected chi connectivity index (χ0v) is 21.0. The number of benzene rings is 1. The maximum Gasteiger partial charge on any atom is 0.324 e. The average Bonchev–Trinajstić information content (AvgIpc) is 3.35. The highest BCUT2D eigenvalue weighted by molar-refractivity contribution is 6.33. The van der Waals surface area contributed by atoms with Crippen LogP contribution in [0.4, 0.5) is 5.95 Å². The zero-order valence-electron chi connectivity index (χ0n) is 20.2. The van der Waals surface area contributed by atoms with Gasteiger partial charge in [-0.1, -0.05) is 24.3 Å². The Morgan fingerprint density at radius 3 is 2.67 bits per heavy atom. The molecule has 3 N–H and O–H groups in total. The maximum atomic E-state index is 12.8. The summed E-state index contributed by atoms with van der Waals surface area (Å²) in [5.74, 6) is -0.305. The number of carboxylic acid groups (broad SMARTS) is 1. The molecule has 10 nitrogen and oxygen atoms in total. The summed E-state index contributed by atoms with van der Waals surface area (Å²) in [7, 11) is 0. The third-order valence-corrected chi connectivity index (χ3v) is 6.38. The molecule has 1 aliphatic rings. The van der Waals surface area contributed by atoms with E-state index in [1.54, 1.807) is 23.3 Å². The summed E-state index contributed by atoms with van der Waals surface area (Å²) in [5, 5.41) is 15.6. The molecule has 1 amide bonds. The molecule has 1 aromatic carbocycles. The van der Waals surface area contributed by atoms with Crippen LogP contribution in [0, 0.1) is 6.92 Å². The number of halogens is 1. The number of anilines is 1. The number of hydrogen-bond acceptors (Lipinski definition) is 7. The predicted octanol–water partition coefficient (Wildman–Crippen LogP) is 3.12. The topological polar surface area (TPSA) is 131 Å². The quantitative estimate of drug-likeness (QED) is 0.373. The summed E-state index contributed by atoms with van der Waals surface area (Å²) in [6.45, 7) is 4.99. The van der Waals surface area contributed by atoms with Crippen LogP contribution in [0.15, 0.2) is 43.0 Å². The molecule has 4 rings (SSSR count). The molecular weight excluding hydrogens is 484 g/mol. The number of carbonyl (C=O) groups is 2. The van der Waals surface area contributed by atoms with Crippen molar-refractivity contribution >= 4 is 29.4 Å². The Morgan fingerprint density at radius 1 is 1.22 bits per heavy atom. The van der Waals surface area contributed by atoms with Crippen LogP contribution in [0.3, 0.4) is 0 Å². The van der Waals surface area contributed by atoms with Gasteiger partial charge in [0.1, 0.15) is 22.7 Å². The summed E-state index contributed by atoms with van der Waals surface area (Å²) in [6.07, 6.45) is 6.82. The first-order valence-corrected chi connectivity index (χ1v) is 12.1. The molecule has 0 aliphatic carbocycles. The molecular formula is C25H29ClN6O4. The lowest BCUT2D eigenvalue weighted by Gasteiger charge is -2.23. The van der Waals surface area contributed by atoms with Crippen LogP contribution in [-0.2, 0) is 22.5 Å². The van der Waals surface area contributed by atoms with E-state index in [0.29, 0.717) is 25.0 Å². The molecule has 11 heteroatoms. The van der Waals surface area contributed by atoms with Gasteiger partial charge in [0, 0.05) is 50.2 Å². The number of aryl methyl sites for hydroxylation is 1. The van der Waals surface area contributed by atoms with Gasteiger partial charge in [0.15, 0.2) is 0 Å². The Labute approximate surface area is 214 Å².